The van der Waals surface area contributed by atoms with Gasteiger partial charge < -0.3 is 5.11 Å². The van der Waals surface area contributed by atoms with Crippen LogP contribution in [0.5, 0.6) is 0 Å². The lowest BCUT2D eigenvalue weighted by Crippen LogP contribution is -2.34. The smallest absolute Gasteiger partial charge is 0.466 e. The first-order chi connectivity index (χ1) is 3.89. The van der Waals surface area contributed by atoms with Gasteiger partial charge in [0.15, 0.2) is 0 Å². The molecule has 0 amide bonds. The highest BCUT2D eigenvalue weighted by Crippen LogP contribution is 2.20. The van der Waals surface area contributed by atoms with Crippen LogP contribution >= 0.6 is 23.2 Å². The number of carboxylic acid groups (broad SMARTS) is 1. The Labute approximate surface area is 59.3 Å². The number of aliphatic carboxylic acids is 1. The fourth-order valence-electron chi connectivity index (χ4n) is 0.0781. The quantitative estimate of drug-likeness (QED) is 0.285. The van der Waals surface area contributed by atoms with E-state index in [1.165, 1.54) is 0 Å². The van der Waals surface area contributed by atoms with E-state index in [2.05, 4.69) is 23.2 Å². The summed E-state index contributed by atoms with van der Waals surface area (Å²) < 4.78 is -2.92. The van der Waals surface area contributed by atoms with Crippen molar-refractivity contribution >= 4 is 29.2 Å². The normalized spacial score (nSPS) is 10.9. The van der Waals surface area contributed by atoms with Crippen molar-refractivity contribution in [2.45, 2.75) is 4.46 Å². The van der Waals surface area contributed by atoms with Crippen LogP contribution < -0.4 is 0 Å². The minimum absolute atomic E-state index is 1.31. The maximum absolute atomic E-state index is 9.76. The van der Waals surface area contributed by atoms with Crippen LogP contribution in [0, 0.1) is 10.1 Å². The van der Waals surface area contributed by atoms with E-state index < -0.39 is 15.3 Å². The van der Waals surface area contributed by atoms with E-state index in [4.69, 9.17) is 5.11 Å². The van der Waals surface area contributed by atoms with Crippen LogP contribution in [-0.4, -0.2) is 20.5 Å². The SMILES string of the molecule is O=C(O)C(Cl)(Cl)[N+](=O)[O-]. The second kappa shape index (κ2) is 2.36. The third kappa shape index (κ3) is 1.69. The Bertz CT molecular complexity index is 139. The third-order valence-corrected chi connectivity index (χ3v) is 1.09. The monoisotopic (exact) mass is 173 g/mol. The van der Waals surface area contributed by atoms with E-state index in [9.17, 15) is 14.9 Å². The highest BCUT2D eigenvalue weighted by atomic mass is 35.5. The lowest BCUT2D eigenvalue weighted by molar-refractivity contribution is -0.503. The molecule has 0 aliphatic rings. The van der Waals surface area contributed by atoms with Gasteiger partial charge in [-0.1, -0.05) is 0 Å². The van der Waals surface area contributed by atoms with Gasteiger partial charge in [0.1, 0.15) is 0 Å². The van der Waals surface area contributed by atoms with Crippen molar-refractivity contribution in [3.05, 3.63) is 10.1 Å². The number of carbonyl (C=O) groups is 1. The van der Waals surface area contributed by atoms with Gasteiger partial charge in [-0.05, 0) is 23.2 Å². The molecule has 1 N–H and O–H groups in total. The fourth-order valence-corrected chi connectivity index (χ4v) is 0.0781. The lowest BCUT2D eigenvalue weighted by Gasteiger charge is -2.01. The highest BCUT2D eigenvalue weighted by Gasteiger charge is 2.47. The molecule has 0 aromatic heterocycles. The Hall–Kier alpha value is -0.550. The first-order valence-corrected chi connectivity index (χ1v) is 2.40. The molecule has 0 atom stereocenters. The first-order valence-electron chi connectivity index (χ1n) is 1.64. The van der Waals surface area contributed by atoms with Gasteiger partial charge in [0.25, 0.3) is 0 Å². The molecule has 9 heavy (non-hydrogen) atoms. The number of hydrogen-bond donors (Lipinski definition) is 1. The van der Waals surface area contributed by atoms with Crippen molar-refractivity contribution in [2.24, 2.45) is 0 Å². The Morgan fingerprint density at radius 2 is 2.00 bits per heavy atom. The predicted octanol–water partition coefficient (Wildman–Crippen LogP) is 0.479. The van der Waals surface area contributed by atoms with Crippen molar-refractivity contribution in [1.82, 2.24) is 0 Å². The third-order valence-electron chi connectivity index (χ3n) is 0.487. The van der Waals surface area contributed by atoms with Crippen LogP contribution in [-0.2, 0) is 4.79 Å². The molecule has 0 heterocycles. The second-order valence-electron chi connectivity index (χ2n) is 1.10. The molecule has 0 aliphatic heterocycles. The molecule has 0 fully saturated rings. The van der Waals surface area contributed by atoms with E-state index in [-0.39, 0.29) is 0 Å². The number of carboxylic acids is 1. The summed E-state index contributed by atoms with van der Waals surface area (Å²) in [6, 6.07) is 0. The average Bonchev–Trinajstić information content (AvgIpc) is 1.65. The van der Waals surface area contributed by atoms with Gasteiger partial charge in [-0.3, -0.25) is 10.1 Å². The number of nitrogens with zero attached hydrogens (tertiary/aromatic N) is 1. The van der Waals surface area contributed by atoms with Gasteiger partial charge >= 0.3 is 10.4 Å². The minimum atomic E-state index is -2.92. The summed E-state index contributed by atoms with van der Waals surface area (Å²) in [5.41, 5.74) is 0. The van der Waals surface area contributed by atoms with Gasteiger partial charge in [-0.2, -0.15) is 0 Å². The topological polar surface area (TPSA) is 80.4 Å². The molecule has 0 unspecified atom stereocenters. The molecule has 0 aromatic rings. The maximum Gasteiger partial charge on any atom is 0.466 e. The zero-order valence-electron chi connectivity index (χ0n) is 3.88. The predicted molar refractivity (Wildman–Crippen MR) is 29.1 cm³/mol. The molecule has 0 rings (SSSR count). The Morgan fingerprint density at radius 1 is 1.67 bits per heavy atom. The van der Waals surface area contributed by atoms with Crippen LogP contribution in [0.1, 0.15) is 0 Å². The largest absolute Gasteiger partial charge is 0.474 e. The first kappa shape index (κ1) is 8.45. The van der Waals surface area contributed by atoms with E-state index in [1.807, 2.05) is 0 Å². The number of hydrogen-bond acceptors (Lipinski definition) is 3. The van der Waals surface area contributed by atoms with Crippen molar-refractivity contribution < 1.29 is 14.8 Å². The Kier molecular flexibility index (Phi) is 2.22. The lowest BCUT2D eigenvalue weighted by atomic mass is 10.7. The molecule has 0 saturated carbocycles. The Balaban J connectivity index is 4.38. The van der Waals surface area contributed by atoms with Gasteiger partial charge in [0, 0.05) is 0 Å². The number of rotatable bonds is 2. The van der Waals surface area contributed by atoms with Crippen molar-refractivity contribution in [3.8, 4) is 0 Å². The van der Waals surface area contributed by atoms with E-state index in [1.54, 1.807) is 0 Å². The van der Waals surface area contributed by atoms with Crippen LogP contribution in [0.4, 0.5) is 0 Å². The standard InChI is InChI=1S/C2HCl2NO4/c3-2(4,1(6)7)5(8)9/h(H,6,7). The second-order valence-corrected chi connectivity index (χ2v) is 2.39. The van der Waals surface area contributed by atoms with Gasteiger partial charge in [0.2, 0.25) is 0 Å². The molecule has 0 aliphatic carbocycles. The summed E-state index contributed by atoms with van der Waals surface area (Å²) in [5, 5.41) is 17.5. The molecule has 0 aromatic carbocycles. The van der Waals surface area contributed by atoms with Gasteiger partial charge in [-0.25, -0.2) is 4.79 Å². The molecule has 0 bridgehead atoms. The molecular weight excluding hydrogens is 173 g/mol. The van der Waals surface area contributed by atoms with Crippen molar-refractivity contribution in [2.75, 3.05) is 0 Å². The van der Waals surface area contributed by atoms with Crippen LogP contribution in [0.25, 0.3) is 0 Å². The summed E-state index contributed by atoms with van der Waals surface area (Å²) in [6.45, 7) is 0. The molecule has 7 heteroatoms. The van der Waals surface area contributed by atoms with E-state index in [0.29, 0.717) is 0 Å². The minimum Gasteiger partial charge on any atom is -0.474 e. The Morgan fingerprint density at radius 3 is 2.00 bits per heavy atom. The molecule has 0 saturated heterocycles. The fraction of sp³-hybridized carbons (Fsp3) is 0.500. The number of nitro groups is 1. The van der Waals surface area contributed by atoms with Crippen LogP contribution in [0.3, 0.4) is 0 Å². The molecule has 5 nitrogen and oxygen atoms in total. The van der Waals surface area contributed by atoms with E-state index >= 15 is 0 Å². The molecule has 0 spiro atoms. The maximum atomic E-state index is 9.76. The molecular formula is C2HCl2NO4. The highest BCUT2D eigenvalue weighted by molar-refractivity contribution is 6.55. The summed E-state index contributed by atoms with van der Waals surface area (Å²) in [5.74, 6) is -1.89. The number of halogens is 2. The summed E-state index contributed by atoms with van der Waals surface area (Å²) in [4.78, 5) is 18.1. The van der Waals surface area contributed by atoms with Crippen LogP contribution in [0.15, 0.2) is 0 Å². The van der Waals surface area contributed by atoms with E-state index in [0.717, 1.165) is 0 Å². The summed E-state index contributed by atoms with van der Waals surface area (Å²) >= 11 is 9.35. The summed E-state index contributed by atoms with van der Waals surface area (Å²) in [7, 11) is 0. The van der Waals surface area contributed by atoms with Crippen molar-refractivity contribution in [3.63, 3.8) is 0 Å². The van der Waals surface area contributed by atoms with Gasteiger partial charge in [0.05, 0.1) is 4.92 Å². The zero-order valence-corrected chi connectivity index (χ0v) is 5.39. The zero-order chi connectivity index (χ0) is 7.65. The van der Waals surface area contributed by atoms with Gasteiger partial charge in [-0.15, -0.1) is 0 Å². The van der Waals surface area contributed by atoms with Crippen molar-refractivity contribution in [1.29, 1.82) is 0 Å². The molecule has 52 valence electrons. The van der Waals surface area contributed by atoms with Crippen LogP contribution in [0.2, 0.25) is 0 Å². The number of alkyl halides is 2. The molecule has 0 radical (unpaired) electrons. The average molecular weight is 174 g/mol. The summed E-state index contributed by atoms with van der Waals surface area (Å²) in [6.07, 6.45) is 0.